The third-order valence-electron chi connectivity index (χ3n) is 4.51. The van der Waals surface area contributed by atoms with E-state index >= 15 is 0 Å². The number of amides is 2. The van der Waals surface area contributed by atoms with E-state index in [2.05, 4.69) is 10.4 Å². The molecule has 0 spiro atoms. The van der Waals surface area contributed by atoms with Crippen LogP contribution >= 0.6 is 0 Å². The Balaban J connectivity index is 1.49. The average molecular weight is 334 g/mol. The molecule has 1 saturated heterocycles. The van der Waals surface area contributed by atoms with Crippen molar-refractivity contribution in [1.82, 2.24) is 20.0 Å². The maximum absolute atomic E-state index is 12.3. The van der Waals surface area contributed by atoms with Crippen molar-refractivity contribution in [2.45, 2.75) is 52.3 Å². The Hall–Kier alpha value is -2.05. The summed E-state index contributed by atoms with van der Waals surface area (Å²) in [5, 5.41) is 7.33. The Kier molecular flexibility index (Phi) is 4.05. The maximum atomic E-state index is 12.3. The van der Waals surface area contributed by atoms with Gasteiger partial charge >= 0.3 is 6.09 Å². The minimum Gasteiger partial charge on any atom is -0.444 e. The van der Waals surface area contributed by atoms with Gasteiger partial charge in [-0.15, -0.1) is 0 Å². The van der Waals surface area contributed by atoms with Crippen LogP contribution in [-0.2, 0) is 4.74 Å². The first-order valence-corrected chi connectivity index (χ1v) is 8.49. The minimum atomic E-state index is -0.479. The lowest BCUT2D eigenvalue weighted by molar-refractivity contribution is 0.0270. The van der Waals surface area contributed by atoms with Crippen LogP contribution < -0.4 is 5.32 Å². The van der Waals surface area contributed by atoms with Crippen molar-refractivity contribution in [3.05, 3.63) is 18.0 Å². The Morgan fingerprint density at radius 3 is 2.42 bits per heavy atom. The summed E-state index contributed by atoms with van der Waals surface area (Å²) < 4.78 is 7.16. The lowest BCUT2D eigenvalue weighted by Gasteiger charge is -2.26. The van der Waals surface area contributed by atoms with Crippen molar-refractivity contribution in [1.29, 1.82) is 0 Å². The van der Waals surface area contributed by atoms with E-state index in [0.717, 1.165) is 0 Å². The fourth-order valence-corrected chi connectivity index (χ4v) is 3.19. The fraction of sp³-hybridized carbons (Fsp3) is 0.706. The lowest BCUT2D eigenvalue weighted by Crippen LogP contribution is -2.40. The van der Waals surface area contributed by atoms with Gasteiger partial charge in [-0.2, -0.15) is 5.10 Å². The van der Waals surface area contributed by atoms with E-state index in [0.29, 0.717) is 30.6 Å². The molecule has 0 radical (unpaired) electrons. The van der Waals surface area contributed by atoms with Crippen molar-refractivity contribution >= 4 is 12.0 Å². The summed E-state index contributed by atoms with van der Waals surface area (Å²) in [6.07, 6.45) is 1.55. The molecule has 1 saturated carbocycles. The highest BCUT2D eigenvalue weighted by Gasteiger charge is 2.58. The molecule has 132 valence electrons. The van der Waals surface area contributed by atoms with Crippen LogP contribution in [0.5, 0.6) is 0 Å². The van der Waals surface area contributed by atoms with E-state index in [1.165, 1.54) is 0 Å². The molecule has 2 amide bonds. The maximum Gasteiger partial charge on any atom is 0.410 e. The monoisotopic (exact) mass is 334 g/mol. The standard InChI is InChI=1S/C17H26N4O3/c1-10(2)21-7-6-13(19-21)15(22)18-14-11-8-20(9-12(11)14)16(23)24-17(3,4)5/h6-7,10-12,14H,8-9H2,1-5H3,(H,18,22)/t11-,12+,14?. The summed E-state index contributed by atoms with van der Waals surface area (Å²) in [5.74, 6) is 0.514. The predicted molar refractivity (Wildman–Crippen MR) is 88.7 cm³/mol. The number of ether oxygens (including phenoxy) is 1. The molecule has 1 aromatic rings. The molecule has 7 heteroatoms. The molecule has 1 aliphatic heterocycles. The summed E-state index contributed by atoms with van der Waals surface area (Å²) in [6, 6.07) is 2.11. The van der Waals surface area contributed by atoms with Gasteiger partial charge in [-0.3, -0.25) is 9.48 Å². The van der Waals surface area contributed by atoms with Crippen molar-refractivity contribution in [2.75, 3.05) is 13.1 Å². The number of aromatic nitrogens is 2. The van der Waals surface area contributed by atoms with Gasteiger partial charge in [0, 0.05) is 43.2 Å². The summed E-state index contributed by atoms with van der Waals surface area (Å²) in [6.45, 7) is 10.9. The Labute approximate surface area is 142 Å². The number of rotatable bonds is 3. The Bertz CT molecular complexity index is 635. The van der Waals surface area contributed by atoms with Crippen molar-refractivity contribution in [3.8, 4) is 0 Å². The second-order valence-electron chi connectivity index (χ2n) is 7.99. The molecule has 1 N–H and O–H groups in total. The van der Waals surface area contributed by atoms with Gasteiger partial charge in [-0.05, 0) is 40.7 Å². The van der Waals surface area contributed by atoms with Crippen LogP contribution in [0.15, 0.2) is 12.3 Å². The minimum absolute atomic E-state index is 0.139. The number of carbonyl (C=O) groups excluding carboxylic acids is 2. The number of likely N-dealkylation sites (tertiary alicyclic amines) is 1. The van der Waals surface area contributed by atoms with E-state index in [4.69, 9.17) is 4.74 Å². The molecule has 2 fully saturated rings. The zero-order valence-corrected chi connectivity index (χ0v) is 14.9. The highest BCUT2D eigenvalue weighted by atomic mass is 16.6. The van der Waals surface area contributed by atoms with Crippen LogP contribution in [0.4, 0.5) is 4.79 Å². The molecule has 3 atom stereocenters. The quantitative estimate of drug-likeness (QED) is 0.918. The molecular weight excluding hydrogens is 308 g/mol. The second-order valence-corrected chi connectivity index (χ2v) is 7.99. The summed E-state index contributed by atoms with van der Waals surface area (Å²) in [5.41, 5.74) is -0.0372. The van der Waals surface area contributed by atoms with Gasteiger partial charge in [-0.25, -0.2) is 4.79 Å². The Morgan fingerprint density at radius 1 is 1.29 bits per heavy atom. The molecule has 2 heterocycles. The van der Waals surface area contributed by atoms with Crippen LogP contribution in [0, 0.1) is 11.8 Å². The zero-order chi connectivity index (χ0) is 17.6. The number of fused-ring (bicyclic) bond motifs is 1. The molecule has 2 aliphatic rings. The molecule has 7 nitrogen and oxygen atoms in total. The van der Waals surface area contributed by atoms with Crippen LogP contribution in [0.3, 0.4) is 0 Å². The van der Waals surface area contributed by atoms with Gasteiger partial charge in [0.15, 0.2) is 0 Å². The topological polar surface area (TPSA) is 76.5 Å². The molecule has 0 aromatic carbocycles. The number of piperidine rings is 1. The predicted octanol–water partition coefficient (Wildman–Crippen LogP) is 2.06. The first kappa shape index (κ1) is 16.8. The molecule has 0 bridgehead atoms. The normalized spacial score (nSPS) is 25.6. The number of hydrogen-bond donors (Lipinski definition) is 1. The Morgan fingerprint density at radius 2 is 1.92 bits per heavy atom. The fourth-order valence-electron chi connectivity index (χ4n) is 3.19. The number of carbonyl (C=O) groups is 2. The van der Waals surface area contributed by atoms with Crippen LogP contribution in [0.25, 0.3) is 0 Å². The van der Waals surface area contributed by atoms with E-state index in [1.807, 2.05) is 40.8 Å². The summed E-state index contributed by atoms with van der Waals surface area (Å²) >= 11 is 0. The summed E-state index contributed by atoms with van der Waals surface area (Å²) in [7, 11) is 0. The van der Waals surface area contributed by atoms with Crippen LogP contribution in [0.1, 0.15) is 51.1 Å². The van der Waals surface area contributed by atoms with Crippen molar-refractivity contribution in [3.63, 3.8) is 0 Å². The third kappa shape index (κ3) is 3.39. The van der Waals surface area contributed by atoms with Gasteiger partial charge < -0.3 is 15.0 Å². The van der Waals surface area contributed by atoms with E-state index < -0.39 is 5.60 Å². The molecule has 1 aliphatic carbocycles. The largest absolute Gasteiger partial charge is 0.444 e. The molecule has 1 aromatic heterocycles. The zero-order valence-electron chi connectivity index (χ0n) is 14.9. The average Bonchev–Trinajstić information content (AvgIpc) is 2.91. The molecule has 24 heavy (non-hydrogen) atoms. The number of hydrogen-bond acceptors (Lipinski definition) is 4. The first-order chi connectivity index (χ1) is 11.2. The van der Waals surface area contributed by atoms with Gasteiger partial charge in [0.25, 0.3) is 5.91 Å². The smallest absolute Gasteiger partial charge is 0.410 e. The van der Waals surface area contributed by atoms with Gasteiger partial charge in [-0.1, -0.05) is 0 Å². The van der Waals surface area contributed by atoms with E-state index in [1.54, 1.807) is 15.6 Å². The molecule has 1 unspecified atom stereocenters. The van der Waals surface area contributed by atoms with E-state index in [-0.39, 0.29) is 24.1 Å². The van der Waals surface area contributed by atoms with Crippen molar-refractivity contribution in [2.24, 2.45) is 11.8 Å². The van der Waals surface area contributed by atoms with Gasteiger partial charge in [0.2, 0.25) is 0 Å². The van der Waals surface area contributed by atoms with Gasteiger partial charge in [0.05, 0.1) is 0 Å². The third-order valence-corrected chi connectivity index (χ3v) is 4.51. The lowest BCUT2D eigenvalue weighted by atomic mass is 10.2. The van der Waals surface area contributed by atoms with Crippen LogP contribution in [-0.4, -0.2) is 51.4 Å². The molecular formula is C17H26N4O3. The van der Waals surface area contributed by atoms with E-state index in [9.17, 15) is 9.59 Å². The van der Waals surface area contributed by atoms with Gasteiger partial charge in [0.1, 0.15) is 11.3 Å². The highest BCUT2D eigenvalue weighted by molar-refractivity contribution is 5.92. The van der Waals surface area contributed by atoms with Crippen LogP contribution in [0.2, 0.25) is 0 Å². The SMILES string of the molecule is CC(C)n1ccc(C(=O)NC2[C@H]3CN(C(=O)OC(C)(C)C)C[C@@H]23)n1. The summed E-state index contributed by atoms with van der Waals surface area (Å²) in [4.78, 5) is 26.1. The molecule has 3 rings (SSSR count). The number of nitrogens with one attached hydrogen (secondary N) is 1. The highest BCUT2D eigenvalue weighted by Crippen LogP contribution is 2.45. The van der Waals surface area contributed by atoms with Crippen molar-refractivity contribution < 1.29 is 14.3 Å². The number of nitrogens with zero attached hydrogens (tertiary/aromatic N) is 3. The first-order valence-electron chi connectivity index (χ1n) is 8.49. The second kappa shape index (κ2) is 5.79.